The molecule has 3 heterocycles. The molecule has 7 heteroatoms. The average molecular weight is 434 g/mol. The van der Waals surface area contributed by atoms with Crippen molar-refractivity contribution in [1.82, 2.24) is 14.9 Å². The van der Waals surface area contributed by atoms with Crippen LogP contribution in [-0.4, -0.2) is 46.3 Å². The molecule has 1 fully saturated rings. The van der Waals surface area contributed by atoms with Crippen molar-refractivity contribution in [3.05, 3.63) is 53.7 Å². The van der Waals surface area contributed by atoms with Crippen LogP contribution < -0.4 is 10.6 Å². The van der Waals surface area contributed by atoms with Gasteiger partial charge in [0.25, 0.3) is 0 Å². The number of fused-ring (bicyclic) bond motifs is 1. The number of likely N-dealkylation sites (tertiary alicyclic amines) is 1. The first-order valence-electron chi connectivity index (χ1n) is 11.5. The van der Waals surface area contributed by atoms with Gasteiger partial charge in [-0.05, 0) is 74.5 Å². The lowest BCUT2D eigenvalue weighted by Gasteiger charge is -2.36. The maximum atomic E-state index is 12.5. The van der Waals surface area contributed by atoms with Crippen LogP contribution in [0.5, 0.6) is 0 Å². The number of H-pyrrole nitrogens is 1. The molecule has 1 saturated heterocycles. The van der Waals surface area contributed by atoms with Gasteiger partial charge in [-0.3, -0.25) is 10.1 Å². The van der Waals surface area contributed by atoms with E-state index in [4.69, 9.17) is 4.98 Å². The number of aldehydes is 1. The Balaban J connectivity index is 1.46. The fourth-order valence-corrected chi connectivity index (χ4v) is 4.76. The van der Waals surface area contributed by atoms with Crippen LogP contribution in [-0.2, 0) is 0 Å². The highest BCUT2D eigenvalue weighted by atomic mass is 16.2. The van der Waals surface area contributed by atoms with Gasteiger partial charge in [-0.2, -0.15) is 0 Å². The van der Waals surface area contributed by atoms with E-state index in [2.05, 4.69) is 40.6 Å². The molecule has 2 aromatic heterocycles. The van der Waals surface area contributed by atoms with Crippen LogP contribution in [0.1, 0.15) is 61.4 Å². The predicted octanol–water partition coefficient (Wildman–Crippen LogP) is 5.39. The van der Waals surface area contributed by atoms with E-state index in [0.717, 1.165) is 43.3 Å². The van der Waals surface area contributed by atoms with Gasteiger partial charge >= 0.3 is 6.03 Å². The van der Waals surface area contributed by atoms with Crippen molar-refractivity contribution in [1.29, 1.82) is 0 Å². The number of aromatic amines is 1. The zero-order valence-electron chi connectivity index (χ0n) is 18.7. The number of hydrogen-bond donors (Lipinski definition) is 3. The lowest BCUT2D eigenvalue weighted by atomic mass is 9.89. The van der Waals surface area contributed by atoms with E-state index in [1.165, 1.54) is 18.4 Å². The number of para-hydroxylation sites is 1. The topological polar surface area (TPSA) is 90.1 Å². The Kier molecular flexibility index (Phi) is 6.85. The molecule has 4 rings (SSSR count). The second-order valence-electron chi connectivity index (χ2n) is 8.40. The normalized spacial score (nSPS) is 15.2. The summed E-state index contributed by atoms with van der Waals surface area (Å²) in [7, 11) is 0. The summed E-state index contributed by atoms with van der Waals surface area (Å²) in [6, 6.07) is 10.9. The molecule has 0 atom stereocenters. The number of hydrogen-bond acceptors (Lipinski definition) is 4. The fourth-order valence-electron chi connectivity index (χ4n) is 4.76. The second kappa shape index (κ2) is 9.96. The maximum Gasteiger partial charge on any atom is 0.324 e. The van der Waals surface area contributed by atoms with Gasteiger partial charge in [-0.15, -0.1) is 0 Å². The van der Waals surface area contributed by atoms with Gasteiger partial charge in [-0.1, -0.05) is 26.0 Å². The molecule has 0 saturated carbocycles. The highest BCUT2D eigenvalue weighted by Gasteiger charge is 2.26. The van der Waals surface area contributed by atoms with Crippen LogP contribution in [0.4, 0.5) is 16.3 Å². The third kappa shape index (κ3) is 4.67. The zero-order chi connectivity index (χ0) is 22.5. The van der Waals surface area contributed by atoms with E-state index < -0.39 is 6.03 Å². The molecular formula is C25H31N5O2. The summed E-state index contributed by atoms with van der Waals surface area (Å²) in [5, 5.41) is 5.51. The van der Waals surface area contributed by atoms with Crippen molar-refractivity contribution in [2.75, 3.05) is 23.7 Å². The molecule has 3 N–H and O–H groups in total. The standard InChI is InChI=1S/C25H31N5O2/c1-3-19(4-2)30-13-11-17(12-14-30)20-15-26-22-9-10-23(28-24(20)22)29-25(32)27-21-8-6-5-7-18(21)16-31/h5-10,15-17,19,26H,3-4,11-14H2,1-2H3,(H2,27,28,29,32). The lowest BCUT2D eigenvalue weighted by Crippen LogP contribution is -2.40. The Morgan fingerprint density at radius 3 is 2.62 bits per heavy atom. The number of carbonyl (C=O) groups excluding carboxylic acids is 2. The van der Waals surface area contributed by atoms with Crippen LogP contribution in [0.2, 0.25) is 0 Å². The molecule has 3 aromatic rings. The van der Waals surface area contributed by atoms with E-state index in [0.29, 0.717) is 29.0 Å². The van der Waals surface area contributed by atoms with E-state index in [-0.39, 0.29) is 0 Å². The molecule has 2 amide bonds. The Morgan fingerprint density at radius 1 is 1.16 bits per heavy atom. The van der Waals surface area contributed by atoms with Gasteiger partial charge in [0.2, 0.25) is 0 Å². The molecule has 1 aliphatic rings. The third-order valence-electron chi connectivity index (χ3n) is 6.56. The van der Waals surface area contributed by atoms with Gasteiger partial charge in [0, 0.05) is 17.8 Å². The van der Waals surface area contributed by atoms with E-state index in [9.17, 15) is 9.59 Å². The largest absolute Gasteiger partial charge is 0.360 e. The number of pyridine rings is 1. The minimum absolute atomic E-state index is 0.429. The Morgan fingerprint density at radius 2 is 1.91 bits per heavy atom. The second-order valence-corrected chi connectivity index (χ2v) is 8.40. The van der Waals surface area contributed by atoms with Gasteiger partial charge < -0.3 is 15.2 Å². The number of piperidine rings is 1. The molecule has 0 radical (unpaired) electrons. The quantitative estimate of drug-likeness (QED) is 0.436. The van der Waals surface area contributed by atoms with Crippen molar-refractivity contribution >= 4 is 34.9 Å². The van der Waals surface area contributed by atoms with Crippen LogP contribution >= 0.6 is 0 Å². The molecule has 168 valence electrons. The maximum absolute atomic E-state index is 12.5. The number of benzene rings is 1. The highest BCUT2D eigenvalue weighted by Crippen LogP contribution is 2.34. The van der Waals surface area contributed by atoms with Crippen LogP contribution in [0, 0.1) is 0 Å². The minimum atomic E-state index is -0.429. The number of anilines is 2. The third-order valence-corrected chi connectivity index (χ3v) is 6.56. The number of nitrogens with one attached hydrogen (secondary N) is 3. The Labute approximate surface area is 188 Å². The number of aromatic nitrogens is 2. The summed E-state index contributed by atoms with van der Waals surface area (Å²) in [5.74, 6) is 0.944. The zero-order valence-corrected chi connectivity index (χ0v) is 18.7. The number of carbonyl (C=O) groups is 2. The number of nitrogens with zero attached hydrogens (tertiary/aromatic N) is 2. The van der Waals surface area contributed by atoms with Gasteiger partial charge in [0.15, 0.2) is 6.29 Å². The summed E-state index contributed by atoms with van der Waals surface area (Å²) in [6.07, 6.45) is 7.42. The Bertz CT molecular complexity index is 1080. The Hall–Kier alpha value is -3.19. The molecule has 1 aromatic carbocycles. The predicted molar refractivity (Wildman–Crippen MR) is 128 cm³/mol. The van der Waals surface area contributed by atoms with Gasteiger partial charge in [-0.25, -0.2) is 9.78 Å². The number of amides is 2. The lowest BCUT2D eigenvalue weighted by molar-refractivity contribution is 0.112. The first kappa shape index (κ1) is 22.0. The van der Waals surface area contributed by atoms with Crippen LogP contribution in [0.3, 0.4) is 0 Å². The first-order valence-corrected chi connectivity index (χ1v) is 11.5. The average Bonchev–Trinajstić information content (AvgIpc) is 3.24. The first-order chi connectivity index (χ1) is 15.6. The van der Waals surface area contributed by atoms with Crippen molar-refractivity contribution in [3.63, 3.8) is 0 Å². The van der Waals surface area contributed by atoms with Crippen molar-refractivity contribution < 1.29 is 9.59 Å². The minimum Gasteiger partial charge on any atom is -0.360 e. The summed E-state index contributed by atoms with van der Waals surface area (Å²) in [5.41, 5.74) is 4.00. The number of rotatable bonds is 7. The summed E-state index contributed by atoms with van der Waals surface area (Å²) < 4.78 is 0. The molecule has 0 spiro atoms. The molecule has 0 bridgehead atoms. The monoisotopic (exact) mass is 433 g/mol. The highest BCUT2D eigenvalue weighted by molar-refractivity contribution is 6.02. The molecular weight excluding hydrogens is 402 g/mol. The smallest absolute Gasteiger partial charge is 0.324 e. The fraction of sp³-hybridized carbons (Fsp3) is 0.400. The van der Waals surface area contributed by atoms with Crippen molar-refractivity contribution in [2.24, 2.45) is 0 Å². The molecule has 1 aliphatic heterocycles. The molecule has 7 nitrogen and oxygen atoms in total. The van der Waals surface area contributed by atoms with Crippen LogP contribution in [0.15, 0.2) is 42.6 Å². The van der Waals surface area contributed by atoms with E-state index in [1.807, 2.05) is 6.07 Å². The van der Waals surface area contributed by atoms with Gasteiger partial charge in [0.05, 0.1) is 16.7 Å². The number of urea groups is 1. The molecule has 0 aliphatic carbocycles. The SMILES string of the molecule is CCC(CC)N1CCC(c2c[nH]c3ccc(NC(=O)Nc4ccccc4C=O)nc23)CC1. The van der Waals surface area contributed by atoms with E-state index >= 15 is 0 Å². The summed E-state index contributed by atoms with van der Waals surface area (Å²) >= 11 is 0. The van der Waals surface area contributed by atoms with Crippen molar-refractivity contribution in [3.8, 4) is 0 Å². The summed E-state index contributed by atoms with van der Waals surface area (Å²) in [4.78, 5) is 34.3. The van der Waals surface area contributed by atoms with E-state index in [1.54, 1.807) is 30.3 Å². The van der Waals surface area contributed by atoms with Crippen molar-refractivity contribution in [2.45, 2.75) is 51.5 Å². The van der Waals surface area contributed by atoms with Gasteiger partial charge in [0.1, 0.15) is 5.82 Å². The van der Waals surface area contributed by atoms with Crippen LogP contribution in [0.25, 0.3) is 11.0 Å². The molecule has 0 unspecified atom stereocenters. The summed E-state index contributed by atoms with van der Waals surface area (Å²) in [6.45, 7) is 6.76. The molecule has 32 heavy (non-hydrogen) atoms.